The molecule has 0 radical (unpaired) electrons. The van der Waals surface area contributed by atoms with Gasteiger partial charge in [-0.1, -0.05) is 11.6 Å². The van der Waals surface area contributed by atoms with Gasteiger partial charge in [0.2, 0.25) is 0 Å². The largest absolute Gasteiger partial charge is 0.398 e. The molecule has 4 heteroatoms. The highest BCUT2D eigenvalue weighted by Gasteiger charge is 2.29. The Bertz CT molecular complexity index is 400. The second-order valence-corrected chi connectivity index (χ2v) is 5.08. The number of anilines is 2. The van der Waals surface area contributed by atoms with Crippen LogP contribution in [0.1, 0.15) is 18.9 Å². The van der Waals surface area contributed by atoms with E-state index in [0.29, 0.717) is 10.7 Å². The maximum absolute atomic E-state index is 6.02. The van der Waals surface area contributed by atoms with E-state index >= 15 is 0 Å². The summed E-state index contributed by atoms with van der Waals surface area (Å²) in [5, 5.41) is 4.08. The van der Waals surface area contributed by atoms with Crippen molar-refractivity contribution < 1.29 is 4.74 Å². The lowest BCUT2D eigenvalue weighted by atomic mass is 10.0. The summed E-state index contributed by atoms with van der Waals surface area (Å²) in [6, 6.07) is 3.78. The van der Waals surface area contributed by atoms with Crippen molar-refractivity contribution in [2.45, 2.75) is 25.8 Å². The highest BCUT2D eigenvalue weighted by Crippen LogP contribution is 2.30. The summed E-state index contributed by atoms with van der Waals surface area (Å²) >= 11 is 6.02. The van der Waals surface area contributed by atoms with E-state index in [1.807, 2.05) is 19.1 Å². The van der Waals surface area contributed by atoms with E-state index < -0.39 is 0 Å². The second kappa shape index (κ2) is 4.15. The Hall–Kier alpha value is -0.930. The molecule has 1 atom stereocenters. The zero-order valence-electron chi connectivity index (χ0n) is 9.64. The van der Waals surface area contributed by atoms with Gasteiger partial charge in [-0.2, -0.15) is 0 Å². The molecule has 0 spiro atoms. The molecule has 1 fully saturated rings. The average molecular weight is 241 g/mol. The number of halogens is 1. The minimum atomic E-state index is 0.00417. The number of hydrogen-bond acceptors (Lipinski definition) is 3. The van der Waals surface area contributed by atoms with Gasteiger partial charge in [0.05, 0.1) is 22.9 Å². The molecule has 3 nitrogen and oxygen atoms in total. The standard InChI is InChI=1S/C12H17ClN2O/c1-8-5-10(14)9(13)6-11(8)15-12(2)3-4-16-7-12/h5-6,15H,3-4,7,14H2,1-2H3. The highest BCUT2D eigenvalue weighted by molar-refractivity contribution is 6.33. The number of hydrogen-bond donors (Lipinski definition) is 2. The van der Waals surface area contributed by atoms with Crippen LogP contribution in [0.15, 0.2) is 12.1 Å². The Balaban J connectivity index is 2.24. The smallest absolute Gasteiger partial charge is 0.0694 e. The average Bonchev–Trinajstić information content (AvgIpc) is 2.62. The molecule has 2 rings (SSSR count). The number of benzene rings is 1. The summed E-state index contributed by atoms with van der Waals surface area (Å²) < 4.78 is 5.41. The van der Waals surface area contributed by atoms with Crippen LogP contribution in [0.3, 0.4) is 0 Å². The Morgan fingerprint density at radius 3 is 2.88 bits per heavy atom. The monoisotopic (exact) mass is 240 g/mol. The number of nitrogens with one attached hydrogen (secondary N) is 1. The van der Waals surface area contributed by atoms with E-state index in [-0.39, 0.29) is 5.54 Å². The summed E-state index contributed by atoms with van der Waals surface area (Å²) in [4.78, 5) is 0. The predicted octanol–water partition coefficient (Wildman–Crippen LogP) is 2.82. The number of ether oxygens (including phenoxy) is 1. The van der Waals surface area contributed by atoms with Gasteiger partial charge >= 0.3 is 0 Å². The molecule has 0 aromatic heterocycles. The third-order valence-electron chi connectivity index (χ3n) is 3.00. The molecule has 1 unspecified atom stereocenters. The number of nitrogen functional groups attached to an aromatic ring is 1. The van der Waals surface area contributed by atoms with Crippen LogP contribution in [0.4, 0.5) is 11.4 Å². The van der Waals surface area contributed by atoms with Crippen LogP contribution in [0.5, 0.6) is 0 Å². The lowest BCUT2D eigenvalue weighted by molar-refractivity contribution is 0.185. The molecule has 1 aromatic rings. The molecular weight excluding hydrogens is 224 g/mol. The minimum absolute atomic E-state index is 0.00417. The maximum Gasteiger partial charge on any atom is 0.0694 e. The van der Waals surface area contributed by atoms with Gasteiger partial charge in [-0.15, -0.1) is 0 Å². The lowest BCUT2D eigenvalue weighted by Gasteiger charge is -2.26. The van der Waals surface area contributed by atoms with Crippen LogP contribution in [-0.2, 0) is 4.74 Å². The van der Waals surface area contributed by atoms with E-state index in [9.17, 15) is 0 Å². The summed E-state index contributed by atoms with van der Waals surface area (Å²) in [5.74, 6) is 0. The van der Waals surface area contributed by atoms with Crippen molar-refractivity contribution in [2.24, 2.45) is 0 Å². The molecule has 0 aliphatic carbocycles. The molecule has 1 aliphatic rings. The van der Waals surface area contributed by atoms with Crippen molar-refractivity contribution in [1.29, 1.82) is 0 Å². The van der Waals surface area contributed by atoms with Crippen molar-refractivity contribution in [1.82, 2.24) is 0 Å². The lowest BCUT2D eigenvalue weighted by Crippen LogP contribution is -2.35. The van der Waals surface area contributed by atoms with E-state index in [1.165, 1.54) is 0 Å². The summed E-state index contributed by atoms with van der Waals surface area (Å²) in [6.45, 7) is 5.72. The maximum atomic E-state index is 6.02. The third-order valence-corrected chi connectivity index (χ3v) is 3.33. The molecule has 3 N–H and O–H groups in total. The van der Waals surface area contributed by atoms with Crippen LogP contribution in [0.25, 0.3) is 0 Å². The quantitative estimate of drug-likeness (QED) is 0.782. The molecule has 1 aromatic carbocycles. The Labute approximate surface area is 101 Å². The molecular formula is C12H17ClN2O. The second-order valence-electron chi connectivity index (χ2n) is 4.68. The van der Waals surface area contributed by atoms with Gasteiger partial charge in [0.1, 0.15) is 0 Å². The fourth-order valence-electron chi connectivity index (χ4n) is 1.93. The molecule has 88 valence electrons. The molecule has 1 heterocycles. The summed E-state index contributed by atoms with van der Waals surface area (Å²) in [5.41, 5.74) is 8.51. The van der Waals surface area contributed by atoms with E-state index in [0.717, 1.165) is 30.9 Å². The van der Waals surface area contributed by atoms with Gasteiger partial charge < -0.3 is 15.8 Å². The van der Waals surface area contributed by atoms with Crippen LogP contribution in [0.2, 0.25) is 5.02 Å². The van der Waals surface area contributed by atoms with Crippen molar-refractivity contribution in [3.05, 3.63) is 22.7 Å². The Kier molecular flexibility index (Phi) is 3.00. The Morgan fingerprint density at radius 2 is 2.25 bits per heavy atom. The van der Waals surface area contributed by atoms with Crippen LogP contribution >= 0.6 is 11.6 Å². The van der Waals surface area contributed by atoms with Crippen LogP contribution in [0, 0.1) is 6.92 Å². The minimum Gasteiger partial charge on any atom is -0.398 e. The number of rotatable bonds is 2. The van der Waals surface area contributed by atoms with E-state index in [2.05, 4.69) is 12.2 Å². The third kappa shape index (κ3) is 2.25. The van der Waals surface area contributed by atoms with Gasteiger partial charge in [-0.05, 0) is 38.0 Å². The predicted molar refractivity (Wildman–Crippen MR) is 68.1 cm³/mol. The first-order chi connectivity index (χ1) is 7.50. The van der Waals surface area contributed by atoms with Gasteiger partial charge in [-0.25, -0.2) is 0 Å². The normalized spacial score (nSPS) is 24.7. The Morgan fingerprint density at radius 1 is 1.50 bits per heavy atom. The van der Waals surface area contributed by atoms with Crippen molar-refractivity contribution in [3.63, 3.8) is 0 Å². The van der Waals surface area contributed by atoms with Crippen LogP contribution in [-0.4, -0.2) is 18.8 Å². The van der Waals surface area contributed by atoms with Gasteiger partial charge in [0, 0.05) is 12.3 Å². The zero-order valence-corrected chi connectivity index (χ0v) is 10.4. The molecule has 0 saturated carbocycles. The van der Waals surface area contributed by atoms with Crippen molar-refractivity contribution in [3.8, 4) is 0 Å². The molecule has 1 aliphatic heterocycles. The molecule has 1 saturated heterocycles. The number of nitrogens with two attached hydrogens (primary N) is 1. The van der Waals surface area contributed by atoms with Crippen LogP contribution < -0.4 is 11.1 Å². The van der Waals surface area contributed by atoms with E-state index in [1.54, 1.807) is 0 Å². The van der Waals surface area contributed by atoms with Gasteiger partial charge in [-0.3, -0.25) is 0 Å². The first-order valence-corrected chi connectivity index (χ1v) is 5.79. The first kappa shape index (κ1) is 11.6. The zero-order chi connectivity index (χ0) is 11.8. The number of aryl methyl sites for hydroxylation is 1. The molecule has 0 amide bonds. The summed E-state index contributed by atoms with van der Waals surface area (Å²) in [6.07, 6.45) is 1.01. The fraction of sp³-hybridized carbons (Fsp3) is 0.500. The SMILES string of the molecule is Cc1cc(N)c(Cl)cc1NC1(C)CCOC1. The van der Waals surface area contributed by atoms with E-state index in [4.69, 9.17) is 22.1 Å². The van der Waals surface area contributed by atoms with Gasteiger partial charge in [0.15, 0.2) is 0 Å². The van der Waals surface area contributed by atoms with Crippen molar-refractivity contribution in [2.75, 3.05) is 24.3 Å². The molecule has 16 heavy (non-hydrogen) atoms. The van der Waals surface area contributed by atoms with Gasteiger partial charge in [0.25, 0.3) is 0 Å². The fourth-order valence-corrected chi connectivity index (χ4v) is 2.09. The van der Waals surface area contributed by atoms with Crippen molar-refractivity contribution >= 4 is 23.0 Å². The molecule has 0 bridgehead atoms. The first-order valence-electron chi connectivity index (χ1n) is 5.42. The highest BCUT2D eigenvalue weighted by atomic mass is 35.5. The topological polar surface area (TPSA) is 47.3 Å². The summed E-state index contributed by atoms with van der Waals surface area (Å²) in [7, 11) is 0.